The van der Waals surface area contributed by atoms with Crippen molar-refractivity contribution in [3.8, 4) is 0 Å². The van der Waals surface area contributed by atoms with Crippen LogP contribution in [0.4, 0.5) is 5.69 Å². The van der Waals surface area contributed by atoms with E-state index >= 15 is 0 Å². The summed E-state index contributed by atoms with van der Waals surface area (Å²) >= 11 is 0. The summed E-state index contributed by atoms with van der Waals surface area (Å²) in [7, 11) is -3.54. The molecule has 1 aliphatic rings. The first-order chi connectivity index (χ1) is 12.8. The van der Waals surface area contributed by atoms with E-state index in [0.29, 0.717) is 30.2 Å². The highest BCUT2D eigenvalue weighted by molar-refractivity contribution is 7.89. The van der Waals surface area contributed by atoms with E-state index in [1.165, 1.54) is 4.31 Å². The van der Waals surface area contributed by atoms with Crippen molar-refractivity contribution < 1.29 is 17.7 Å². The number of hydrogen-bond acceptors (Lipinski definition) is 5. The van der Waals surface area contributed by atoms with Gasteiger partial charge in [-0.3, -0.25) is 4.79 Å². The topological polar surface area (TPSA) is 92.5 Å². The Hall–Kier alpha value is -2.19. The lowest BCUT2D eigenvalue weighted by Crippen LogP contribution is -2.35. The van der Waals surface area contributed by atoms with Gasteiger partial charge in [-0.15, -0.1) is 0 Å². The van der Waals surface area contributed by atoms with Crippen LogP contribution in [0.1, 0.15) is 41.8 Å². The van der Waals surface area contributed by atoms with Crippen LogP contribution >= 0.6 is 0 Å². The first-order valence-corrected chi connectivity index (χ1v) is 10.6. The van der Waals surface area contributed by atoms with Crippen molar-refractivity contribution >= 4 is 21.6 Å². The molecule has 0 atom stereocenters. The molecule has 27 heavy (non-hydrogen) atoms. The molecule has 0 bridgehead atoms. The summed E-state index contributed by atoms with van der Waals surface area (Å²) in [5.41, 5.74) is 2.74. The van der Waals surface area contributed by atoms with Crippen LogP contribution in [-0.4, -0.2) is 36.9 Å². The fourth-order valence-corrected chi connectivity index (χ4v) is 4.80. The highest BCUT2D eigenvalue weighted by Gasteiger charge is 2.26. The second-order valence-corrected chi connectivity index (χ2v) is 8.91. The minimum atomic E-state index is -3.54. The normalized spacial score (nSPS) is 15.7. The van der Waals surface area contributed by atoms with E-state index < -0.39 is 10.0 Å². The van der Waals surface area contributed by atoms with Gasteiger partial charge in [0, 0.05) is 24.3 Å². The monoisotopic (exact) mass is 391 g/mol. The summed E-state index contributed by atoms with van der Waals surface area (Å²) in [5.74, 6) is 0.376. The molecule has 1 amide bonds. The molecule has 0 aliphatic carbocycles. The maximum atomic E-state index is 12.9. The Bertz CT molecular complexity index is 924. The van der Waals surface area contributed by atoms with Crippen molar-refractivity contribution in [2.24, 2.45) is 0 Å². The molecule has 0 unspecified atom stereocenters. The number of hydrogen-bond donors (Lipinski definition) is 1. The maximum Gasteiger partial charge on any atom is 0.243 e. The number of nitrogens with one attached hydrogen (secondary N) is 1. The third kappa shape index (κ3) is 4.22. The first-order valence-electron chi connectivity index (χ1n) is 9.11. The minimum Gasteiger partial charge on any atom is -0.361 e. The smallest absolute Gasteiger partial charge is 0.243 e. The van der Waals surface area contributed by atoms with Gasteiger partial charge in [-0.25, -0.2) is 8.42 Å². The molecule has 0 spiro atoms. The minimum absolute atomic E-state index is 0.129. The molecular weight excluding hydrogens is 366 g/mol. The van der Waals surface area contributed by atoms with Crippen LogP contribution in [0.2, 0.25) is 0 Å². The third-order valence-electron chi connectivity index (χ3n) is 4.95. The lowest BCUT2D eigenvalue weighted by Gasteiger charge is -2.26. The summed E-state index contributed by atoms with van der Waals surface area (Å²) in [6.45, 7) is 6.48. The van der Waals surface area contributed by atoms with Gasteiger partial charge in [0.05, 0.1) is 17.0 Å². The zero-order chi connectivity index (χ0) is 19.6. The van der Waals surface area contributed by atoms with E-state index in [2.05, 4.69) is 10.5 Å². The van der Waals surface area contributed by atoms with Crippen molar-refractivity contribution in [3.05, 3.63) is 40.8 Å². The Morgan fingerprint density at radius 3 is 2.52 bits per heavy atom. The van der Waals surface area contributed by atoms with Crippen LogP contribution in [-0.2, 0) is 21.2 Å². The number of piperidine rings is 1. The average Bonchev–Trinajstić information content (AvgIpc) is 2.96. The number of anilines is 1. The first kappa shape index (κ1) is 19.6. The van der Waals surface area contributed by atoms with Crippen LogP contribution < -0.4 is 5.32 Å². The lowest BCUT2D eigenvalue weighted by atomic mass is 10.1. The van der Waals surface area contributed by atoms with Gasteiger partial charge in [-0.05, 0) is 51.3 Å². The molecule has 2 aromatic rings. The van der Waals surface area contributed by atoms with E-state index in [0.717, 1.165) is 30.4 Å². The molecule has 146 valence electrons. The number of aryl methyl sites for hydroxylation is 3. The quantitative estimate of drug-likeness (QED) is 0.846. The van der Waals surface area contributed by atoms with Gasteiger partial charge >= 0.3 is 0 Å². The fourth-order valence-electron chi connectivity index (χ4n) is 3.26. The molecule has 3 rings (SSSR count). The number of rotatable bonds is 5. The van der Waals surface area contributed by atoms with Crippen molar-refractivity contribution in [3.63, 3.8) is 0 Å². The lowest BCUT2D eigenvalue weighted by molar-refractivity contribution is -0.115. The fraction of sp³-hybridized carbons (Fsp3) is 0.474. The molecule has 1 N–H and O–H groups in total. The van der Waals surface area contributed by atoms with Gasteiger partial charge in [0.15, 0.2) is 0 Å². The largest absolute Gasteiger partial charge is 0.361 e. The maximum absolute atomic E-state index is 12.9. The number of benzene rings is 1. The predicted octanol–water partition coefficient (Wildman–Crippen LogP) is 2.96. The Balaban J connectivity index is 1.80. The predicted molar refractivity (Wildman–Crippen MR) is 102 cm³/mol. The molecule has 1 aromatic carbocycles. The Labute approximate surface area is 159 Å². The molecule has 1 aromatic heterocycles. The second kappa shape index (κ2) is 7.82. The molecule has 1 aliphatic heterocycles. The van der Waals surface area contributed by atoms with Crippen LogP contribution in [0.5, 0.6) is 0 Å². The van der Waals surface area contributed by atoms with Crippen LogP contribution in [0.25, 0.3) is 0 Å². The van der Waals surface area contributed by atoms with Gasteiger partial charge in [0.2, 0.25) is 15.9 Å². The number of carbonyl (C=O) groups is 1. The van der Waals surface area contributed by atoms with E-state index in [9.17, 15) is 13.2 Å². The van der Waals surface area contributed by atoms with Gasteiger partial charge in [0.1, 0.15) is 5.76 Å². The van der Waals surface area contributed by atoms with E-state index in [1.54, 1.807) is 32.0 Å². The van der Waals surface area contributed by atoms with Crippen molar-refractivity contribution in [2.45, 2.75) is 51.3 Å². The summed E-state index contributed by atoms with van der Waals surface area (Å²) in [6, 6.07) is 4.87. The van der Waals surface area contributed by atoms with Gasteiger partial charge in [-0.1, -0.05) is 17.6 Å². The molecule has 7 nitrogen and oxygen atoms in total. The molecule has 0 saturated carbocycles. The van der Waals surface area contributed by atoms with Gasteiger partial charge in [0.25, 0.3) is 0 Å². The molecule has 0 radical (unpaired) electrons. The van der Waals surface area contributed by atoms with Crippen molar-refractivity contribution in [1.29, 1.82) is 0 Å². The number of carbonyl (C=O) groups excluding carboxylic acids is 1. The van der Waals surface area contributed by atoms with E-state index in [-0.39, 0.29) is 17.2 Å². The molecule has 1 saturated heterocycles. The van der Waals surface area contributed by atoms with Crippen LogP contribution in [0.3, 0.4) is 0 Å². The summed E-state index contributed by atoms with van der Waals surface area (Å²) < 4.78 is 32.4. The van der Waals surface area contributed by atoms with E-state index in [4.69, 9.17) is 4.52 Å². The highest BCUT2D eigenvalue weighted by Crippen LogP contribution is 2.25. The number of amides is 1. The molecular formula is C19H25N3O4S. The van der Waals surface area contributed by atoms with Crippen LogP contribution in [0.15, 0.2) is 27.6 Å². The third-order valence-corrected chi connectivity index (χ3v) is 6.85. The molecule has 1 fully saturated rings. The zero-order valence-electron chi connectivity index (χ0n) is 15.9. The van der Waals surface area contributed by atoms with Gasteiger partial charge in [-0.2, -0.15) is 4.31 Å². The van der Waals surface area contributed by atoms with Crippen molar-refractivity contribution in [2.75, 3.05) is 18.4 Å². The second-order valence-electron chi connectivity index (χ2n) is 6.97. The Morgan fingerprint density at radius 2 is 1.89 bits per heavy atom. The highest BCUT2D eigenvalue weighted by atomic mass is 32.2. The van der Waals surface area contributed by atoms with Gasteiger partial charge < -0.3 is 9.84 Å². The van der Waals surface area contributed by atoms with Crippen LogP contribution in [0, 0.1) is 20.8 Å². The Morgan fingerprint density at radius 1 is 1.19 bits per heavy atom. The molecule has 2 heterocycles. The number of nitrogens with zero attached hydrogens (tertiary/aromatic N) is 2. The molecule has 8 heteroatoms. The average molecular weight is 391 g/mol. The van der Waals surface area contributed by atoms with E-state index in [1.807, 2.05) is 6.92 Å². The Kier molecular flexibility index (Phi) is 5.67. The zero-order valence-corrected chi connectivity index (χ0v) is 16.7. The number of sulfonamides is 1. The summed E-state index contributed by atoms with van der Waals surface area (Å²) in [4.78, 5) is 12.7. The summed E-state index contributed by atoms with van der Waals surface area (Å²) in [5, 5.41) is 6.68. The van der Waals surface area contributed by atoms with Crippen molar-refractivity contribution in [1.82, 2.24) is 9.46 Å². The standard InChI is InChI=1S/C19H25N3O4S/c1-13-7-8-16(27(24,25)22-9-5-4-6-10-22)11-18(13)20-19(23)12-17-14(2)21-26-15(17)3/h7-8,11H,4-6,9-10,12H2,1-3H3,(H,20,23). The SMILES string of the molecule is Cc1ccc(S(=O)(=O)N2CCCCC2)cc1NC(=O)Cc1c(C)noc1C. The number of aromatic nitrogens is 1. The summed E-state index contributed by atoms with van der Waals surface area (Å²) in [6.07, 6.45) is 2.95.